The van der Waals surface area contributed by atoms with Gasteiger partial charge in [-0.05, 0) is 24.6 Å². The average Bonchev–Trinajstić information content (AvgIpc) is 2.24. The average molecular weight is 304 g/mol. The zero-order valence-electron chi connectivity index (χ0n) is 9.43. The molecule has 88 valence electrons. The van der Waals surface area contributed by atoms with Gasteiger partial charge in [-0.15, -0.1) is 0 Å². The smallest absolute Gasteiger partial charge is 0.164 e. The molecule has 16 heavy (non-hydrogen) atoms. The Balaban J connectivity index is 2.53. The minimum atomic E-state index is 0.147. The number of Topliss-reactive ketones (excluding diaryl/α,β-unsaturated/α-hetero) is 1. The molecule has 1 aromatic carbocycles. The summed E-state index contributed by atoms with van der Waals surface area (Å²) in [6.45, 7) is 2.16. The second kappa shape index (κ2) is 7.08. The van der Waals surface area contributed by atoms with Gasteiger partial charge in [0.25, 0.3) is 0 Å². The second-order valence-electron chi connectivity index (χ2n) is 3.86. The van der Waals surface area contributed by atoms with Crippen LogP contribution in [0.1, 0.15) is 49.4 Å². The maximum absolute atomic E-state index is 11.8. The van der Waals surface area contributed by atoms with Gasteiger partial charge in [-0.3, -0.25) is 4.79 Å². The molecule has 0 amide bonds. The van der Waals surface area contributed by atoms with Crippen molar-refractivity contribution in [3.63, 3.8) is 0 Å². The van der Waals surface area contributed by atoms with Crippen LogP contribution < -0.4 is 0 Å². The fraction of sp³-hybridized carbons (Fsp3) is 0.462. The lowest BCUT2D eigenvalue weighted by molar-refractivity contribution is 0.0979. The molecule has 0 aliphatic carbocycles. The lowest BCUT2D eigenvalue weighted by Crippen LogP contribution is -1.99. The van der Waals surface area contributed by atoms with E-state index in [1.54, 1.807) is 12.1 Å². The molecule has 1 aromatic rings. The van der Waals surface area contributed by atoms with Gasteiger partial charge in [0.15, 0.2) is 5.78 Å². The van der Waals surface area contributed by atoms with Crippen LogP contribution >= 0.6 is 27.5 Å². The third-order valence-corrected chi connectivity index (χ3v) is 3.29. The Morgan fingerprint density at radius 2 is 2.06 bits per heavy atom. The Morgan fingerprint density at radius 1 is 1.31 bits per heavy atom. The molecule has 0 N–H and O–H groups in total. The molecule has 0 radical (unpaired) electrons. The van der Waals surface area contributed by atoms with Crippen molar-refractivity contribution in [1.82, 2.24) is 0 Å². The summed E-state index contributed by atoms with van der Waals surface area (Å²) >= 11 is 9.34. The number of benzene rings is 1. The largest absolute Gasteiger partial charge is 0.294 e. The van der Waals surface area contributed by atoms with E-state index < -0.39 is 0 Å². The van der Waals surface area contributed by atoms with E-state index in [0.717, 1.165) is 17.3 Å². The quantitative estimate of drug-likeness (QED) is 0.518. The molecule has 0 unspecified atom stereocenters. The van der Waals surface area contributed by atoms with Crippen molar-refractivity contribution in [3.8, 4) is 0 Å². The maximum Gasteiger partial charge on any atom is 0.164 e. The number of halogens is 2. The molecule has 0 fully saturated rings. The van der Waals surface area contributed by atoms with Crippen molar-refractivity contribution in [1.29, 1.82) is 0 Å². The molecule has 0 saturated heterocycles. The van der Waals surface area contributed by atoms with E-state index in [-0.39, 0.29) is 5.78 Å². The van der Waals surface area contributed by atoms with Crippen LogP contribution in [-0.4, -0.2) is 5.78 Å². The molecule has 0 aromatic heterocycles. The Labute approximate surface area is 110 Å². The predicted octanol–water partition coefficient (Wildman–Crippen LogP) is 5.26. The first-order valence-corrected chi connectivity index (χ1v) is 6.80. The molecule has 1 rings (SSSR count). The zero-order valence-corrected chi connectivity index (χ0v) is 11.8. The summed E-state index contributed by atoms with van der Waals surface area (Å²) in [5.41, 5.74) is 0.640. The van der Waals surface area contributed by atoms with Crippen molar-refractivity contribution < 1.29 is 4.79 Å². The van der Waals surface area contributed by atoms with Gasteiger partial charge < -0.3 is 0 Å². The Kier molecular flexibility index (Phi) is 6.07. The van der Waals surface area contributed by atoms with E-state index in [2.05, 4.69) is 22.9 Å². The number of ketones is 1. The van der Waals surface area contributed by atoms with Crippen molar-refractivity contribution in [3.05, 3.63) is 33.3 Å². The van der Waals surface area contributed by atoms with E-state index in [9.17, 15) is 4.79 Å². The van der Waals surface area contributed by atoms with Crippen molar-refractivity contribution in [2.24, 2.45) is 0 Å². The third-order valence-electron chi connectivity index (χ3n) is 2.49. The monoisotopic (exact) mass is 302 g/mol. The minimum Gasteiger partial charge on any atom is -0.294 e. The van der Waals surface area contributed by atoms with Crippen LogP contribution in [0.5, 0.6) is 0 Å². The van der Waals surface area contributed by atoms with Crippen LogP contribution in [0.25, 0.3) is 0 Å². The van der Waals surface area contributed by atoms with Crippen molar-refractivity contribution >= 4 is 33.3 Å². The molecular formula is C13H16BrClO. The number of carbonyl (C=O) groups excluding carboxylic acids is 1. The molecule has 3 heteroatoms. The lowest BCUT2D eigenvalue weighted by atomic mass is 10.0. The van der Waals surface area contributed by atoms with Crippen molar-refractivity contribution in [2.75, 3.05) is 0 Å². The van der Waals surface area contributed by atoms with Crippen LogP contribution in [0, 0.1) is 0 Å². The lowest BCUT2D eigenvalue weighted by Gasteiger charge is -2.03. The first-order valence-electron chi connectivity index (χ1n) is 5.63. The highest BCUT2D eigenvalue weighted by Crippen LogP contribution is 2.23. The third kappa shape index (κ3) is 4.26. The molecule has 0 spiro atoms. The summed E-state index contributed by atoms with van der Waals surface area (Å²) in [5.74, 6) is 0.147. The van der Waals surface area contributed by atoms with Gasteiger partial charge in [-0.25, -0.2) is 0 Å². The first-order chi connectivity index (χ1) is 7.65. The highest BCUT2D eigenvalue weighted by molar-refractivity contribution is 9.10. The van der Waals surface area contributed by atoms with Crippen LogP contribution in [0.4, 0.5) is 0 Å². The zero-order chi connectivity index (χ0) is 12.0. The van der Waals surface area contributed by atoms with E-state index in [0.29, 0.717) is 17.0 Å². The Bertz CT molecular complexity index is 363. The van der Waals surface area contributed by atoms with Gasteiger partial charge in [-0.1, -0.05) is 53.7 Å². The highest BCUT2D eigenvalue weighted by Gasteiger charge is 2.09. The Morgan fingerprint density at radius 3 is 2.69 bits per heavy atom. The topological polar surface area (TPSA) is 17.1 Å². The molecule has 0 aliphatic heterocycles. The summed E-state index contributed by atoms with van der Waals surface area (Å²) < 4.78 is 0.903. The predicted molar refractivity (Wildman–Crippen MR) is 72.2 cm³/mol. The van der Waals surface area contributed by atoms with E-state index >= 15 is 0 Å². The van der Waals surface area contributed by atoms with Gasteiger partial charge >= 0.3 is 0 Å². The summed E-state index contributed by atoms with van der Waals surface area (Å²) in [5, 5.41) is 0.537. The van der Waals surface area contributed by atoms with E-state index in [1.165, 1.54) is 12.8 Å². The maximum atomic E-state index is 11.8. The van der Waals surface area contributed by atoms with Crippen LogP contribution in [-0.2, 0) is 0 Å². The molecule has 0 bridgehead atoms. The fourth-order valence-corrected chi connectivity index (χ4v) is 2.34. The molecule has 0 heterocycles. The number of carbonyl (C=O) groups is 1. The number of hydrogen-bond donors (Lipinski definition) is 0. The van der Waals surface area contributed by atoms with Crippen molar-refractivity contribution in [2.45, 2.75) is 39.0 Å². The van der Waals surface area contributed by atoms with E-state index in [1.807, 2.05) is 6.07 Å². The summed E-state index contributed by atoms with van der Waals surface area (Å²) in [4.78, 5) is 11.8. The summed E-state index contributed by atoms with van der Waals surface area (Å²) in [7, 11) is 0. The molecule has 0 atom stereocenters. The van der Waals surface area contributed by atoms with Crippen LogP contribution in [0.3, 0.4) is 0 Å². The number of hydrogen-bond acceptors (Lipinski definition) is 1. The molecule has 1 nitrogen and oxygen atoms in total. The van der Waals surface area contributed by atoms with E-state index in [4.69, 9.17) is 11.6 Å². The van der Waals surface area contributed by atoms with Gasteiger partial charge in [0.1, 0.15) is 0 Å². The van der Waals surface area contributed by atoms with Gasteiger partial charge in [0.05, 0.1) is 5.02 Å². The minimum absolute atomic E-state index is 0.147. The molecular weight excluding hydrogens is 287 g/mol. The van der Waals surface area contributed by atoms with Crippen LogP contribution in [0.2, 0.25) is 5.02 Å². The Hall–Kier alpha value is -0.340. The normalized spacial score (nSPS) is 10.4. The van der Waals surface area contributed by atoms with Crippen LogP contribution in [0.15, 0.2) is 22.7 Å². The van der Waals surface area contributed by atoms with Gasteiger partial charge in [0.2, 0.25) is 0 Å². The SMILES string of the molecule is CCCCCCC(=O)c1ccc(Br)cc1Cl. The van der Waals surface area contributed by atoms with Gasteiger partial charge in [-0.2, -0.15) is 0 Å². The second-order valence-corrected chi connectivity index (χ2v) is 5.18. The van der Waals surface area contributed by atoms with Gasteiger partial charge in [0, 0.05) is 16.5 Å². The summed E-state index contributed by atoms with van der Waals surface area (Å²) in [6.07, 6.45) is 5.06. The number of unbranched alkanes of at least 4 members (excludes halogenated alkanes) is 3. The first kappa shape index (κ1) is 13.7. The summed E-state index contributed by atoms with van der Waals surface area (Å²) in [6, 6.07) is 5.40. The highest BCUT2D eigenvalue weighted by atomic mass is 79.9. The fourth-order valence-electron chi connectivity index (χ4n) is 1.56. The number of rotatable bonds is 6. The standard InChI is InChI=1S/C13H16BrClO/c1-2-3-4-5-6-13(16)11-8-7-10(14)9-12(11)15/h7-9H,2-6H2,1H3. The molecule has 0 aliphatic rings. The molecule has 0 saturated carbocycles.